The molecule has 0 bridgehead atoms. The van der Waals surface area contributed by atoms with E-state index in [0.717, 1.165) is 24.8 Å². The lowest BCUT2D eigenvalue weighted by Gasteiger charge is -2.18. The predicted octanol–water partition coefficient (Wildman–Crippen LogP) is 5.05. The maximum atomic E-state index is 13.5. The van der Waals surface area contributed by atoms with Gasteiger partial charge in [0, 0.05) is 41.0 Å². The van der Waals surface area contributed by atoms with Crippen LogP contribution in [0.5, 0.6) is 23.0 Å². The van der Waals surface area contributed by atoms with E-state index < -0.39 is 53.3 Å². The van der Waals surface area contributed by atoms with Gasteiger partial charge in [-0.2, -0.15) is 0 Å². The van der Waals surface area contributed by atoms with E-state index in [4.69, 9.17) is 18.9 Å². The fourth-order valence-corrected chi connectivity index (χ4v) is 10.3. The van der Waals surface area contributed by atoms with E-state index in [1.807, 2.05) is 0 Å². The Morgan fingerprint density at radius 3 is 1.12 bits per heavy atom. The lowest BCUT2D eigenvalue weighted by Crippen LogP contribution is -2.24. The largest absolute Gasteiger partial charge is 0.494 e. The first-order chi connectivity index (χ1) is 38.1. The molecule has 0 unspecified atom stereocenters. The molecule has 0 aliphatic carbocycles. The van der Waals surface area contributed by atoms with Gasteiger partial charge in [-0.25, -0.2) is 55.5 Å². The normalized spacial score (nSPS) is 12.2. The molecule has 80 heavy (non-hydrogen) atoms. The van der Waals surface area contributed by atoms with Gasteiger partial charge in [-0.1, -0.05) is 24.3 Å². The number of pyridine rings is 2. The summed E-state index contributed by atoms with van der Waals surface area (Å²) in [4.78, 5) is 52.4. The van der Waals surface area contributed by atoms with Gasteiger partial charge in [0.2, 0.25) is 0 Å². The fraction of sp³-hybridized carbons (Fsp3) is 0.308. The van der Waals surface area contributed by atoms with Crippen LogP contribution in [0.4, 0.5) is 8.78 Å². The summed E-state index contributed by atoms with van der Waals surface area (Å²) in [6, 6.07) is 19.9. The van der Waals surface area contributed by atoms with Gasteiger partial charge in [-0.15, -0.1) is 20.4 Å². The number of rotatable bonds is 20. The maximum Gasteiger partial charge on any atom is 0.271 e. The van der Waals surface area contributed by atoms with Crippen LogP contribution in [0.2, 0.25) is 0 Å². The predicted molar refractivity (Wildman–Crippen MR) is 287 cm³/mol. The van der Waals surface area contributed by atoms with E-state index in [0.29, 0.717) is 34.4 Å². The highest BCUT2D eigenvalue weighted by atomic mass is 32.2. The number of nitrogens with zero attached hydrogens (tertiary/aromatic N) is 14. The number of aromatic nitrogens is 12. The van der Waals surface area contributed by atoms with Gasteiger partial charge in [0.25, 0.3) is 11.8 Å². The zero-order chi connectivity index (χ0) is 58.1. The van der Waals surface area contributed by atoms with Crippen molar-refractivity contribution in [3.05, 3.63) is 144 Å². The van der Waals surface area contributed by atoms with Crippen LogP contribution in [0.15, 0.2) is 97.6 Å². The number of methoxy groups -OCH3 is 4. The fourth-order valence-electron chi connectivity index (χ4n) is 7.84. The lowest BCUT2D eigenvalue weighted by atomic mass is 10.2. The molecule has 0 spiro atoms. The van der Waals surface area contributed by atoms with E-state index in [1.54, 1.807) is 101 Å². The number of ether oxygens (including phenoxy) is 4. The maximum absolute atomic E-state index is 13.5. The van der Waals surface area contributed by atoms with Gasteiger partial charge < -0.3 is 28.7 Å². The molecule has 0 aliphatic rings. The summed E-state index contributed by atoms with van der Waals surface area (Å²) in [6.07, 6.45) is 3.89. The number of sulfone groups is 2. The molecule has 8 rings (SSSR count). The van der Waals surface area contributed by atoms with Gasteiger partial charge in [0.05, 0.1) is 63.7 Å². The van der Waals surface area contributed by atoms with Crippen LogP contribution in [-0.2, 0) is 44.0 Å². The summed E-state index contributed by atoms with van der Waals surface area (Å²) >= 11 is 0. The second-order valence-corrected chi connectivity index (χ2v) is 22.9. The van der Waals surface area contributed by atoms with Crippen molar-refractivity contribution in [3.63, 3.8) is 0 Å². The zero-order valence-corrected chi connectivity index (χ0v) is 46.8. The molecule has 28 heteroatoms. The number of hydrogen-bond donors (Lipinski definition) is 0. The molecule has 0 saturated carbocycles. The van der Waals surface area contributed by atoms with E-state index in [1.165, 1.54) is 61.2 Å². The lowest BCUT2D eigenvalue weighted by molar-refractivity contribution is 0.0815. The molecule has 0 aliphatic heterocycles. The van der Waals surface area contributed by atoms with Crippen LogP contribution in [0.1, 0.15) is 58.1 Å². The van der Waals surface area contributed by atoms with Crippen molar-refractivity contribution >= 4 is 31.5 Å². The number of halogens is 2. The molecular formula is C52H56F2N14O10S2. The molecule has 0 saturated heterocycles. The van der Waals surface area contributed by atoms with Crippen molar-refractivity contribution in [2.24, 2.45) is 0 Å². The van der Waals surface area contributed by atoms with Crippen LogP contribution in [0.3, 0.4) is 0 Å². The van der Waals surface area contributed by atoms with Crippen LogP contribution in [0.25, 0.3) is 34.4 Å². The molecule has 420 valence electrons. The Hall–Kier alpha value is -8.92. The number of carbonyl (C=O) groups excluding carboxylic acids is 2. The third kappa shape index (κ3) is 13.3. The third-order valence-electron chi connectivity index (χ3n) is 12.1. The molecule has 0 N–H and O–H groups in total. The molecule has 6 aromatic heterocycles. The SMILES string of the molecule is COc1cccc(OC)c1-n1c(CS(=O)(=O)[C@@H](C)Cc2ncc(F)cn2)nnc1-c1cccc(C(=O)N(C)C)n1.COc1cccc(OC)c1-n1c(CS(=O)(=O)[C@H](C)Cc2ncc(F)cn2)nnc1-c1cccc(C(=O)N(C)C)n1. The minimum Gasteiger partial charge on any atom is -0.494 e. The van der Waals surface area contributed by atoms with Crippen molar-refractivity contribution in [3.8, 4) is 57.4 Å². The molecular weight excluding hydrogens is 1080 g/mol. The summed E-state index contributed by atoms with van der Waals surface area (Å²) in [5.74, 6) is -0.552. The summed E-state index contributed by atoms with van der Waals surface area (Å²) in [7, 11) is 4.62. The van der Waals surface area contributed by atoms with Gasteiger partial charge in [0.15, 0.2) is 54.6 Å². The summed E-state index contributed by atoms with van der Waals surface area (Å²) < 4.78 is 106. The summed E-state index contributed by atoms with van der Waals surface area (Å²) in [5, 5.41) is 15.2. The Kier molecular flexibility index (Phi) is 18.5. The Morgan fingerprint density at radius 1 is 0.512 bits per heavy atom. The van der Waals surface area contributed by atoms with Gasteiger partial charge in [-0.3, -0.25) is 18.7 Å². The molecule has 0 radical (unpaired) electrons. The summed E-state index contributed by atoms with van der Waals surface area (Å²) in [6.45, 7) is 3.04. The van der Waals surface area contributed by atoms with Crippen LogP contribution >= 0.6 is 0 Å². The number of benzene rings is 2. The first kappa shape index (κ1) is 58.8. The van der Waals surface area contributed by atoms with E-state index in [9.17, 15) is 35.2 Å². The Balaban J connectivity index is 0.000000231. The highest BCUT2D eigenvalue weighted by molar-refractivity contribution is 7.91. The standard InChI is InChI=1S/2C26H28FN7O5S/c2*1-16(12-22-28-13-17(27)14-29-22)40(36,37)15-23-31-32-25(18-8-6-9-19(30-18)26(35)33(2)3)34(23)24-20(38-4)10-7-11-21(24)39-5/h2*6-11,13-14,16H,12,15H2,1-5H3/t2*16-/m10/s1. The van der Waals surface area contributed by atoms with Crippen LogP contribution in [-0.4, -0.2) is 165 Å². The average molecular weight is 1140 g/mol. The van der Waals surface area contributed by atoms with E-state index in [2.05, 4.69) is 50.3 Å². The molecule has 0 fully saturated rings. The number of hydrogen-bond acceptors (Lipinski definition) is 20. The minimum absolute atomic E-state index is 0.0299. The number of para-hydroxylation sites is 2. The highest BCUT2D eigenvalue weighted by Crippen LogP contribution is 2.38. The van der Waals surface area contributed by atoms with Gasteiger partial charge >= 0.3 is 0 Å². The zero-order valence-electron chi connectivity index (χ0n) is 45.1. The van der Waals surface area contributed by atoms with Crippen molar-refractivity contribution in [2.45, 2.75) is 48.7 Å². The molecule has 8 aromatic rings. The quantitative estimate of drug-likeness (QED) is 0.0965. The number of carbonyl (C=O) groups is 2. The molecule has 2 atom stereocenters. The van der Waals surface area contributed by atoms with E-state index >= 15 is 0 Å². The molecule has 6 heterocycles. The summed E-state index contributed by atoms with van der Waals surface area (Å²) in [5.41, 5.74) is 1.63. The molecule has 24 nitrogen and oxygen atoms in total. The van der Waals surface area contributed by atoms with Crippen molar-refractivity contribution in [2.75, 3.05) is 56.6 Å². The molecule has 2 amide bonds. The highest BCUT2D eigenvalue weighted by Gasteiger charge is 2.32. The second kappa shape index (κ2) is 25.3. The molecule has 2 aromatic carbocycles. The monoisotopic (exact) mass is 1140 g/mol. The minimum atomic E-state index is -3.85. The van der Waals surface area contributed by atoms with Crippen molar-refractivity contribution < 1.29 is 54.2 Å². The first-order valence-corrected chi connectivity index (χ1v) is 27.6. The van der Waals surface area contributed by atoms with Gasteiger partial charge in [-0.05, 0) is 62.4 Å². The van der Waals surface area contributed by atoms with Gasteiger partial charge in [0.1, 0.15) is 80.3 Å². The van der Waals surface area contributed by atoms with Crippen molar-refractivity contribution in [1.82, 2.24) is 69.2 Å². The van der Waals surface area contributed by atoms with Crippen LogP contribution < -0.4 is 18.9 Å². The Labute approximate surface area is 459 Å². The van der Waals surface area contributed by atoms with Crippen LogP contribution in [0, 0.1) is 11.6 Å². The Bertz CT molecular complexity index is 3450. The first-order valence-electron chi connectivity index (χ1n) is 24.2. The van der Waals surface area contributed by atoms with E-state index in [-0.39, 0.29) is 82.4 Å². The van der Waals surface area contributed by atoms with Crippen molar-refractivity contribution in [1.29, 1.82) is 0 Å². The number of amides is 2. The third-order valence-corrected chi connectivity index (χ3v) is 16.2. The topological polar surface area (TPSA) is 285 Å². The average Bonchev–Trinajstić information content (AvgIpc) is 4.24. The Morgan fingerprint density at radius 2 is 0.825 bits per heavy atom. The smallest absolute Gasteiger partial charge is 0.271 e. The second-order valence-electron chi connectivity index (χ2n) is 18.1.